The van der Waals surface area contributed by atoms with Crippen LogP contribution in [-0.2, 0) is 6.42 Å². The molecule has 0 bridgehead atoms. The summed E-state index contributed by atoms with van der Waals surface area (Å²) in [5.41, 5.74) is 4.52. The van der Waals surface area contributed by atoms with Crippen molar-refractivity contribution < 1.29 is 4.79 Å². The summed E-state index contributed by atoms with van der Waals surface area (Å²) in [6.07, 6.45) is 4.03. The van der Waals surface area contributed by atoms with Crippen LogP contribution in [0, 0.1) is 18.8 Å². The van der Waals surface area contributed by atoms with Crippen LogP contribution in [-0.4, -0.2) is 12.0 Å². The van der Waals surface area contributed by atoms with Gasteiger partial charge in [0.05, 0.1) is 0 Å². The van der Waals surface area contributed by atoms with Gasteiger partial charge >= 0.3 is 0 Å². The Morgan fingerprint density at radius 2 is 2.17 bits per heavy atom. The molecule has 2 aliphatic rings. The molecule has 1 aromatic carbocycles. The van der Waals surface area contributed by atoms with Crippen molar-refractivity contribution in [1.82, 2.24) is 0 Å². The number of rotatable bonds is 0. The number of allylic oxidation sites excluding steroid dienone is 2. The normalized spacial score (nSPS) is 17.3. The molecule has 1 aliphatic heterocycles. The molecule has 2 nitrogen and oxygen atoms in total. The van der Waals surface area contributed by atoms with Crippen molar-refractivity contribution in [3.05, 3.63) is 46.2 Å². The van der Waals surface area contributed by atoms with Crippen LogP contribution in [0.2, 0.25) is 0 Å². The second kappa shape index (κ2) is 4.27. The molecule has 1 aromatic rings. The molecule has 0 amide bonds. The molecular weight excluding hydrogens is 222 g/mol. The first-order chi connectivity index (χ1) is 8.75. The number of hydrogen-bond donors (Lipinski definition) is 0. The van der Waals surface area contributed by atoms with E-state index in [0.717, 1.165) is 29.5 Å². The topological polar surface area (TPSA) is 29.4 Å². The monoisotopic (exact) mass is 235 g/mol. The smallest absolute Gasteiger partial charge is 0.212 e. The molecule has 0 radical (unpaired) electrons. The SMILES string of the molecule is Cc1ccc2c(c1)CCC1=C(N=CCC#C1)C2=O. The molecule has 0 atom stereocenters. The molecule has 2 heteroatoms. The number of fused-ring (bicyclic) bond motifs is 1. The molecule has 88 valence electrons. The Bertz CT molecular complexity index is 653. The highest BCUT2D eigenvalue weighted by molar-refractivity contribution is 6.11. The van der Waals surface area contributed by atoms with Gasteiger partial charge in [0.15, 0.2) is 0 Å². The molecule has 0 unspecified atom stereocenters. The minimum atomic E-state index is 0.0185. The molecule has 0 saturated heterocycles. The second-order valence-electron chi connectivity index (χ2n) is 4.63. The Morgan fingerprint density at radius 1 is 1.28 bits per heavy atom. The van der Waals surface area contributed by atoms with Crippen molar-refractivity contribution in [2.45, 2.75) is 26.2 Å². The van der Waals surface area contributed by atoms with Gasteiger partial charge in [0.2, 0.25) is 5.78 Å². The zero-order valence-corrected chi connectivity index (χ0v) is 10.3. The predicted octanol–water partition coefficient (Wildman–Crippen LogP) is 2.86. The van der Waals surface area contributed by atoms with E-state index in [1.54, 1.807) is 6.21 Å². The Morgan fingerprint density at radius 3 is 3.06 bits per heavy atom. The zero-order chi connectivity index (χ0) is 12.5. The van der Waals surface area contributed by atoms with Crippen molar-refractivity contribution in [2.75, 3.05) is 0 Å². The number of Topliss-reactive ketones (excluding diaryl/α,β-unsaturated/α-hetero) is 1. The van der Waals surface area contributed by atoms with Gasteiger partial charge in [0.1, 0.15) is 5.70 Å². The van der Waals surface area contributed by atoms with Gasteiger partial charge in [-0.05, 0) is 25.3 Å². The Kier molecular flexibility index (Phi) is 2.60. The molecule has 0 fully saturated rings. The number of carbonyl (C=O) groups excluding carboxylic acids is 1. The van der Waals surface area contributed by atoms with E-state index in [9.17, 15) is 4.79 Å². The highest BCUT2D eigenvalue weighted by Crippen LogP contribution is 2.27. The molecule has 0 spiro atoms. The van der Waals surface area contributed by atoms with Crippen LogP contribution in [0.25, 0.3) is 0 Å². The number of aryl methyl sites for hydroxylation is 2. The number of carbonyl (C=O) groups is 1. The summed E-state index contributed by atoms with van der Waals surface area (Å²) in [6, 6.07) is 5.99. The predicted molar refractivity (Wildman–Crippen MR) is 71.7 cm³/mol. The number of ketones is 1. The largest absolute Gasteiger partial charge is 0.287 e. The third-order valence-corrected chi connectivity index (χ3v) is 3.30. The summed E-state index contributed by atoms with van der Waals surface area (Å²) in [6.45, 7) is 2.05. The van der Waals surface area contributed by atoms with E-state index in [1.807, 2.05) is 19.1 Å². The third kappa shape index (κ3) is 1.78. The summed E-state index contributed by atoms with van der Waals surface area (Å²) < 4.78 is 0. The van der Waals surface area contributed by atoms with Gasteiger partial charge in [-0.2, -0.15) is 0 Å². The van der Waals surface area contributed by atoms with Crippen LogP contribution in [0.15, 0.2) is 34.5 Å². The lowest BCUT2D eigenvalue weighted by molar-refractivity contribution is 0.103. The van der Waals surface area contributed by atoms with Crippen molar-refractivity contribution in [3.8, 4) is 11.8 Å². The minimum Gasteiger partial charge on any atom is -0.287 e. The number of benzene rings is 1. The lowest BCUT2D eigenvalue weighted by Gasteiger charge is -2.05. The minimum absolute atomic E-state index is 0.0185. The summed E-state index contributed by atoms with van der Waals surface area (Å²) in [5.74, 6) is 6.13. The fraction of sp³-hybridized carbons (Fsp3) is 0.250. The maximum Gasteiger partial charge on any atom is 0.212 e. The number of hydrogen-bond acceptors (Lipinski definition) is 2. The quantitative estimate of drug-likeness (QED) is 0.636. The molecule has 3 rings (SSSR count). The summed E-state index contributed by atoms with van der Waals surface area (Å²) in [4.78, 5) is 16.8. The molecule has 0 aromatic heterocycles. The fourth-order valence-corrected chi connectivity index (χ4v) is 2.39. The van der Waals surface area contributed by atoms with Crippen molar-refractivity contribution in [2.24, 2.45) is 4.99 Å². The number of aliphatic imine (C=N–C) groups is 1. The summed E-state index contributed by atoms with van der Waals surface area (Å²) in [5, 5.41) is 0. The van der Waals surface area contributed by atoms with Crippen LogP contribution >= 0.6 is 0 Å². The van der Waals surface area contributed by atoms with Gasteiger partial charge in [-0.1, -0.05) is 35.6 Å². The van der Waals surface area contributed by atoms with Gasteiger partial charge in [-0.15, -0.1) is 0 Å². The second-order valence-corrected chi connectivity index (χ2v) is 4.63. The Balaban J connectivity index is 2.15. The lowest BCUT2D eigenvalue weighted by Crippen LogP contribution is -2.04. The van der Waals surface area contributed by atoms with E-state index in [1.165, 1.54) is 5.56 Å². The summed E-state index contributed by atoms with van der Waals surface area (Å²) >= 11 is 0. The highest BCUT2D eigenvalue weighted by Gasteiger charge is 2.23. The number of nitrogens with zero attached hydrogens (tertiary/aromatic N) is 1. The molecule has 1 aliphatic carbocycles. The Labute approximate surface area is 106 Å². The molecule has 1 heterocycles. The first-order valence-electron chi connectivity index (χ1n) is 6.14. The van der Waals surface area contributed by atoms with E-state index in [4.69, 9.17) is 0 Å². The van der Waals surface area contributed by atoms with Crippen LogP contribution < -0.4 is 0 Å². The van der Waals surface area contributed by atoms with Crippen LogP contribution in [0.4, 0.5) is 0 Å². The van der Waals surface area contributed by atoms with Crippen LogP contribution in [0.3, 0.4) is 0 Å². The molecule has 0 saturated carbocycles. The molecule has 0 N–H and O–H groups in total. The van der Waals surface area contributed by atoms with Crippen molar-refractivity contribution in [1.29, 1.82) is 0 Å². The van der Waals surface area contributed by atoms with Gasteiger partial charge in [-0.3, -0.25) is 9.79 Å². The van der Waals surface area contributed by atoms with Gasteiger partial charge in [0.25, 0.3) is 0 Å². The fourth-order valence-electron chi connectivity index (χ4n) is 2.39. The van der Waals surface area contributed by atoms with Crippen LogP contribution in [0.5, 0.6) is 0 Å². The highest BCUT2D eigenvalue weighted by atomic mass is 16.1. The lowest BCUT2D eigenvalue weighted by atomic mass is 9.99. The summed E-state index contributed by atoms with van der Waals surface area (Å²) in [7, 11) is 0. The molecular formula is C16H13NO. The standard InChI is InChI=1S/C16H13NO/c1-11-5-8-14-13(10-11)7-6-12-4-2-3-9-17-15(12)16(14)18/h5,8-10H,3,6-7H2,1H3. The van der Waals surface area contributed by atoms with Gasteiger partial charge in [-0.25, -0.2) is 0 Å². The van der Waals surface area contributed by atoms with E-state index in [2.05, 4.69) is 22.9 Å². The van der Waals surface area contributed by atoms with E-state index in [-0.39, 0.29) is 5.78 Å². The van der Waals surface area contributed by atoms with E-state index >= 15 is 0 Å². The van der Waals surface area contributed by atoms with E-state index in [0.29, 0.717) is 12.1 Å². The maximum absolute atomic E-state index is 12.5. The van der Waals surface area contributed by atoms with Crippen molar-refractivity contribution >= 4 is 12.0 Å². The van der Waals surface area contributed by atoms with Crippen molar-refractivity contribution in [3.63, 3.8) is 0 Å². The average Bonchev–Trinajstić information content (AvgIpc) is 2.65. The van der Waals surface area contributed by atoms with Gasteiger partial charge in [0, 0.05) is 23.8 Å². The van der Waals surface area contributed by atoms with Gasteiger partial charge < -0.3 is 0 Å². The Hall–Kier alpha value is -2.14. The zero-order valence-electron chi connectivity index (χ0n) is 10.3. The average molecular weight is 235 g/mol. The first kappa shape index (κ1) is 11.0. The van der Waals surface area contributed by atoms with Crippen LogP contribution in [0.1, 0.15) is 34.3 Å². The third-order valence-electron chi connectivity index (χ3n) is 3.30. The maximum atomic E-state index is 12.5. The first-order valence-corrected chi connectivity index (χ1v) is 6.14. The van der Waals surface area contributed by atoms with E-state index < -0.39 is 0 Å². The molecule has 18 heavy (non-hydrogen) atoms.